The Balaban J connectivity index is 1.10. The van der Waals surface area contributed by atoms with Gasteiger partial charge in [0.2, 0.25) is 5.91 Å². The first-order valence-corrected chi connectivity index (χ1v) is 16.3. The third-order valence-corrected chi connectivity index (χ3v) is 10.0. The SMILES string of the molecule is Cc1c(C)c2c(c(C)c1OCc1ccccc1)CCC(C)(CN1CCC/C1=C\Oc1ccc(CC3SC(=O)NC3=O)cc1)O2. The van der Waals surface area contributed by atoms with E-state index in [4.69, 9.17) is 14.2 Å². The molecule has 44 heavy (non-hydrogen) atoms. The number of nitrogens with one attached hydrogen (secondary N) is 1. The van der Waals surface area contributed by atoms with Crippen molar-refractivity contribution in [1.29, 1.82) is 0 Å². The maximum Gasteiger partial charge on any atom is 0.286 e. The van der Waals surface area contributed by atoms with Crippen molar-refractivity contribution in [2.75, 3.05) is 13.1 Å². The van der Waals surface area contributed by atoms with Gasteiger partial charge in [-0.15, -0.1) is 0 Å². The zero-order valence-corrected chi connectivity index (χ0v) is 26.7. The second-order valence-electron chi connectivity index (χ2n) is 12.3. The van der Waals surface area contributed by atoms with Crippen LogP contribution in [0.5, 0.6) is 17.2 Å². The summed E-state index contributed by atoms with van der Waals surface area (Å²) >= 11 is 1.05. The summed E-state index contributed by atoms with van der Waals surface area (Å²) in [5, 5.41) is 1.70. The number of carbonyl (C=O) groups is 2. The van der Waals surface area contributed by atoms with E-state index in [1.807, 2.05) is 48.7 Å². The molecule has 6 rings (SSSR count). The number of carbonyl (C=O) groups excluding carboxylic acids is 2. The normalized spacial score (nSPS) is 22.1. The molecule has 2 atom stereocenters. The van der Waals surface area contributed by atoms with E-state index in [0.717, 1.165) is 90.0 Å². The highest BCUT2D eigenvalue weighted by Gasteiger charge is 2.38. The van der Waals surface area contributed by atoms with Gasteiger partial charge in [-0.05, 0) is 99.7 Å². The van der Waals surface area contributed by atoms with E-state index >= 15 is 0 Å². The molecule has 230 valence electrons. The molecule has 7 nitrogen and oxygen atoms in total. The molecular formula is C36H40N2O5S. The van der Waals surface area contributed by atoms with Gasteiger partial charge in [-0.1, -0.05) is 54.2 Å². The van der Waals surface area contributed by atoms with Crippen molar-refractivity contribution >= 4 is 22.9 Å². The van der Waals surface area contributed by atoms with Crippen molar-refractivity contribution in [2.24, 2.45) is 0 Å². The smallest absolute Gasteiger partial charge is 0.286 e. The molecule has 0 aliphatic carbocycles. The summed E-state index contributed by atoms with van der Waals surface area (Å²) in [5.41, 5.74) is 7.75. The number of likely N-dealkylation sites (tertiary alicyclic amines) is 1. The van der Waals surface area contributed by atoms with Gasteiger partial charge in [0.15, 0.2) is 0 Å². The molecule has 3 aromatic rings. The average Bonchev–Trinajstić information content (AvgIpc) is 3.59. The van der Waals surface area contributed by atoms with Crippen LogP contribution in [-0.4, -0.2) is 40.0 Å². The number of hydrogen-bond acceptors (Lipinski definition) is 7. The van der Waals surface area contributed by atoms with E-state index in [1.165, 1.54) is 16.8 Å². The number of fused-ring (bicyclic) bond motifs is 1. The van der Waals surface area contributed by atoms with E-state index < -0.39 is 0 Å². The maximum absolute atomic E-state index is 11.9. The predicted octanol–water partition coefficient (Wildman–Crippen LogP) is 7.18. The first-order valence-electron chi connectivity index (χ1n) is 15.4. The fourth-order valence-electron chi connectivity index (χ4n) is 6.39. The summed E-state index contributed by atoms with van der Waals surface area (Å²) in [6.07, 6.45) is 6.31. The molecule has 0 radical (unpaired) electrons. The minimum Gasteiger partial charge on any atom is -0.488 e. The van der Waals surface area contributed by atoms with Crippen LogP contribution < -0.4 is 19.5 Å². The van der Waals surface area contributed by atoms with Gasteiger partial charge in [0, 0.05) is 17.8 Å². The van der Waals surface area contributed by atoms with Gasteiger partial charge in [0.1, 0.15) is 35.7 Å². The monoisotopic (exact) mass is 612 g/mol. The Kier molecular flexibility index (Phi) is 8.63. The average molecular weight is 613 g/mol. The molecule has 2 unspecified atom stereocenters. The molecule has 3 aliphatic heterocycles. The summed E-state index contributed by atoms with van der Waals surface area (Å²) in [6.45, 7) is 11.0. The largest absolute Gasteiger partial charge is 0.488 e. The molecule has 1 N–H and O–H groups in total. The van der Waals surface area contributed by atoms with Crippen LogP contribution in [0.1, 0.15) is 59.6 Å². The number of imide groups is 1. The second kappa shape index (κ2) is 12.6. The van der Waals surface area contributed by atoms with Gasteiger partial charge in [-0.3, -0.25) is 14.9 Å². The Hall–Kier alpha value is -3.91. The van der Waals surface area contributed by atoms with Crippen molar-refractivity contribution in [2.45, 2.75) is 77.3 Å². The zero-order valence-electron chi connectivity index (χ0n) is 25.9. The van der Waals surface area contributed by atoms with E-state index in [-0.39, 0.29) is 22.0 Å². The first-order chi connectivity index (χ1) is 21.2. The second-order valence-corrected chi connectivity index (χ2v) is 13.5. The predicted molar refractivity (Wildman–Crippen MR) is 173 cm³/mol. The lowest BCUT2D eigenvalue weighted by Gasteiger charge is -2.41. The fourth-order valence-corrected chi connectivity index (χ4v) is 7.25. The number of rotatable bonds is 9. The lowest BCUT2D eigenvalue weighted by molar-refractivity contribution is -0.118. The number of hydrogen-bond donors (Lipinski definition) is 1. The molecule has 2 fully saturated rings. The number of thioether (sulfide) groups is 1. The molecule has 3 aromatic carbocycles. The number of amides is 2. The fraction of sp³-hybridized carbons (Fsp3) is 0.389. The lowest BCUT2D eigenvalue weighted by atomic mass is 9.86. The molecule has 2 saturated heterocycles. The molecule has 8 heteroatoms. The topological polar surface area (TPSA) is 77.1 Å². The van der Waals surface area contributed by atoms with Gasteiger partial charge in [-0.25, -0.2) is 0 Å². The van der Waals surface area contributed by atoms with Crippen LogP contribution in [0.15, 0.2) is 66.6 Å². The van der Waals surface area contributed by atoms with Crippen molar-refractivity contribution in [3.63, 3.8) is 0 Å². The molecule has 3 heterocycles. The van der Waals surface area contributed by atoms with Gasteiger partial charge in [0.05, 0.1) is 11.8 Å². The van der Waals surface area contributed by atoms with E-state index in [9.17, 15) is 9.59 Å². The number of nitrogens with zero attached hydrogens (tertiary/aromatic N) is 1. The van der Waals surface area contributed by atoms with Crippen molar-refractivity contribution < 1.29 is 23.8 Å². The summed E-state index contributed by atoms with van der Waals surface area (Å²) in [5.74, 6) is 2.52. The van der Waals surface area contributed by atoms with E-state index in [2.05, 4.69) is 50.0 Å². The number of ether oxygens (including phenoxy) is 3. The molecule has 0 saturated carbocycles. The van der Waals surface area contributed by atoms with Crippen LogP contribution in [0.4, 0.5) is 4.79 Å². The van der Waals surface area contributed by atoms with Gasteiger partial charge >= 0.3 is 0 Å². The highest BCUT2D eigenvalue weighted by Crippen LogP contribution is 2.44. The molecule has 3 aliphatic rings. The molecule has 2 amide bonds. The molecule has 0 aromatic heterocycles. The van der Waals surface area contributed by atoms with Crippen LogP contribution in [0.25, 0.3) is 0 Å². The zero-order chi connectivity index (χ0) is 30.8. The Morgan fingerprint density at radius 1 is 1.00 bits per heavy atom. The third-order valence-electron chi connectivity index (χ3n) is 9.02. The molecule has 0 spiro atoms. The van der Waals surface area contributed by atoms with Gasteiger partial charge in [0.25, 0.3) is 5.24 Å². The standard InChI is InChI=1S/C36H40N2O5S/c1-23-24(2)33-30(25(3)32(23)42-20-27-9-6-5-7-10-27)16-17-36(4,43-33)22-38-18-8-11-28(38)21-41-29-14-12-26(13-15-29)19-31-34(39)37-35(40)44-31/h5-7,9-10,12-15,21,31H,8,11,16-20,22H2,1-4H3,(H,37,39,40)/b28-21+. The number of benzene rings is 3. The van der Waals surface area contributed by atoms with Crippen LogP contribution in [0.2, 0.25) is 0 Å². The molecule has 0 bridgehead atoms. The van der Waals surface area contributed by atoms with Crippen LogP contribution in [0.3, 0.4) is 0 Å². The first kappa shape index (κ1) is 30.1. The Morgan fingerprint density at radius 3 is 2.50 bits per heavy atom. The van der Waals surface area contributed by atoms with Crippen LogP contribution >= 0.6 is 11.8 Å². The minimum atomic E-state index is -0.370. The maximum atomic E-state index is 11.9. The lowest BCUT2D eigenvalue weighted by Crippen LogP contribution is -2.46. The Morgan fingerprint density at radius 2 is 1.77 bits per heavy atom. The highest BCUT2D eigenvalue weighted by atomic mass is 32.2. The van der Waals surface area contributed by atoms with Crippen molar-refractivity contribution in [1.82, 2.24) is 10.2 Å². The summed E-state index contributed by atoms with van der Waals surface area (Å²) in [4.78, 5) is 25.7. The Labute approximate surface area is 264 Å². The van der Waals surface area contributed by atoms with Crippen LogP contribution in [0, 0.1) is 20.8 Å². The summed E-state index contributed by atoms with van der Waals surface area (Å²) in [7, 11) is 0. The molecular weight excluding hydrogens is 572 g/mol. The van der Waals surface area contributed by atoms with E-state index in [0.29, 0.717) is 13.0 Å². The van der Waals surface area contributed by atoms with Crippen molar-refractivity contribution in [3.8, 4) is 17.2 Å². The summed E-state index contributed by atoms with van der Waals surface area (Å²) < 4.78 is 19.3. The van der Waals surface area contributed by atoms with E-state index in [1.54, 1.807) is 0 Å². The minimum absolute atomic E-state index is 0.219. The third kappa shape index (κ3) is 6.46. The van der Waals surface area contributed by atoms with Gasteiger partial charge in [-0.2, -0.15) is 0 Å². The Bertz CT molecular complexity index is 1590. The summed E-state index contributed by atoms with van der Waals surface area (Å²) in [6, 6.07) is 18.0. The quantitative estimate of drug-likeness (QED) is 0.257. The highest BCUT2D eigenvalue weighted by molar-refractivity contribution is 8.15. The van der Waals surface area contributed by atoms with Crippen LogP contribution in [-0.2, 0) is 24.2 Å². The van der Waals surface area contributed by atoms with Crippen molar-refractivity contribution in [3.05, 3.63) is 99.9 Å². The number of allylic oxidation sites excluding steroid dienone is 1. The van der Waals surface area contributed by atoms with Gasteiger partial charge < -0.3 is 19.1 Å².